The summed E-state index contributed by atoms with van der Waals surface area (Å²) in [7, 11) is 0. The van der Waals surface area contributed by atoms with E-state index in [0.29, 0.717) is 24.6 Å². The Hall–Kier alpha value is -0.160. The zero-order valence-corrected chi connectivity index (χ0v) is 9.44. The summed E-state index contributed by atoms with van der Waals surface area (Å²) in [6.45, 7) is 5.54. The molecule has 1 aliphatic heterocycles. The molecule has 0 aromatic carbocycles. The third-order valence-corrected chi connectivity index (χ3v) is 3.88. The minimum absolute atomic E-state index is 0.149. The van der Waals surface area contributed by atoms with Gasteiger partial charge in [0, 0.05) is 30.5 Å². The van der Waals surface area contributed by atoms with E-state index in [1.54, 1.807) is 0 Å². The van der Waals surface area contributed by atoms with Gasteiger partial charge < -0.3 is 20.3 Å². The van der Waals surface area contributed by atoms with E-state index in [1.165, 1.54) is 0 Å². The van der Waals surface area contributed by atoms with Crippen molar-refractivity contribution >= 4 is 0 Å². The Morgan fingerprint density at radius 1 is 1.53 bits per heavy atom. The average Bonchev–Trinajstić information content (AvgIpc) is 2.63. The predicted octanol–water partition coefficient (Wildman–Crippen LogP) is -0.257. The van der Waals surface area contributed by atoms with Crippen LogP contribution < -0.4 is 5.32 Å². The molecule has 0 amide bonds. The molecule has 4 unspecified atom stereocenters. The summed E-state index contributed by atoms with van der Waals surface area (Å²) in [6, 6.07) is 0.409. The van der Waals surface area contributed by atoms with Crippen molar-refractivity contribution in [2.45, 2.75) is 38.5 Å². The first-order valence-electron chi connectivity index (χ1n) is 5.71. The molecule has 0 radical (unpaired) electrons. The van der Waals surface area contributed by atoms with Crippen molar-refractivity contribution in [1.82, 2.24) is 5.32 Å². The van der Waals surface area contributed by atoms with Crippen LogP contribution in [0.1, 0.15) is 20.3 Å². The van der Waals surface area contributed by atoms with Gasteiger partial charge in [0.05, 0.1) is 18.8 Å². The number of aliphatic hydroxyl groups is 2. The van der Waals surface area contributed by atoms with Crippen LogP contribution in [-0.4, -0.2) is 48.2 Å². The highest BCUT2D eigenvalue weighted by Gasteiger charge is 2.58. The SMILES string of the molecule is CC1(C)C(NCC(O)CO)C2CCOC21. The van der Waals surface area contributed by atoms with Crippen LogP contribution in [0.15, 0.2) is 0 Å². The third-order valence-electron chi connectivity index (χ3n) is 3.88. The number of hydrogen-bond donors (Lipinski definition) is 3. The lowest BCUT2D eigenvalue weighted by atomic mass is 9.57. The number of nitrogens with one attached hydrogen (secondary N) is 1. The van der Waals surface area contributed by atoms with E-state index in [1.807, 2.05) is 0 Å². The molecule has 3 N–H and O–H groups in total. The van der Waals surface area contributed by atoms with E-state index < -0.39 is 6.10 Å². The van der Waals surface area contributed by atoms with Crippen LogP contribution in [0.3, 0.4) is 0 Å². The Labute approximate surface area is 90.6 Å². The standard InChI is InChI=1S/C11H21NO3/c1-11(2)9(12-5-7(14)6-13)8-3-4-15-10(8)11/h7-10,12-14H,3-6H2,1-2H3. The Bertz CT molecular complexity index is 232. The summed E-state index contributed by atoms with van der Waals surface area (Å²) < 4.78 is 5.68. The van der Waals surface area contributed by atoms with E-state index in [0.717, 1.165) is 13.0 Å². The maximum absolute atomic E-state index is 9.29. The highest BCUT2D eigenvalue weighted by atomic mass is 16.5. The molecule has 1 aliphatic carbocycles. The fraction of sp³-hybridized carbons (Fsp3) is 1.00. The summed E-state index contributed by atoms with van der Waals surface area (Å²) in [6.07, 6.45) is 0.837. The van der Waals surface area contributed by atoms with Crippen molar-refractivity contribution in [3.05, 3.63) is 0 Å². The van der Waals surface area contributed by atoms with Gasteiger partial charge in [0.1, 0.15) is 0 Å². The monoisotopic (exact) mass is 215 g/mol. The van der Waals surface area contributed by atoms with Crippen molar-refractivity contribution in [2.75, 3.05) is 19.8 Å². The van der Waals surface area contributed by atoms with E-state index in [2.05, 4.69) is 19.2 Å². The van der Waals surface area contributed by atoms with Crippen molar-refractivity contribution in [1.29, 1.82) is 0 Å². The Kier molecular flexibility index (Phi) is 3.03. The third kappa shape index (κ3) is 1.80. The Balaban J connectivity index is 1.87. The van der Waals surface area contributed by atoms with Crippen LogP contribution in [0.25, 0.3) is 0 Å². The lowest BCUT2D eigenvalue weighted by molar-refractivity contribution is -0.114. The predicted molar refractivity (Wildman–Crippen MR) is 56.5 cm³/mol. The van der Waals surface area contributed by atoms with Gasteiger partial charge in [0.15, 0.2) is 0 Å². The maximum atomic E-state index is 9.29. The van der Waals surface area contributed by atoms with Crippen LogP contribution in [0.4, 0.5) is 0 Å². The van der Waals surface area contributed by atoms with Gasteiger partial charge in [-0.15, -0.1) is 0 Å². The van der Waals surface area contributed by atoms with Gasteiger partial charge in [-0.3, -0.25) is 0 Å². The normalized spacial score (nSPS) is 39.6. The molecule has 15 heavy (non-hydrogen) atoms. The molecule has 88 valence electrons. The van der Waals surface area contributed by atoms with Crippen molar-refractivity contribution < 1.29 is 14.9 Å². The van der Waals surface area contributed by atoms with Crippen molar-refractivity contribution in [3.8, 4) is 0 Å². The van der Waals surface area contributed by atoms with Gasteiger partial charge in [-0.05, 0) is 6.42 Å². The fourth-order valence-electron chi connectivity index (χ4n) is 3.07. The molecule has 1 heterocycles. The Morgan fingerprint density at radius 3 is 2.93 bits per heavy atom. The minimum atomic E-state index is -0.651. The maximum Gasteiger partial charge on any atom is 0.0895 e. The van der Waals surface area contributed by atoms with Gasteiger partial charge >= 0.3 is 0 Å². The molecule has 2 aliphatic rings. The molecule has 2 fully saturated rings. The molecule has 4 heteroatoms. The molecule has 1 saturated heterocycles. The van der Waals surface area contributed by atoms with Crippen molar-refractivity contribution in [3.63, 3.8) is 0 Å². The lowest BCUT2D eigenvalue weighted by Gasteiger charge is -2.55. The molecule has 0 aromatic rings. The zero-order valence-electron chi connectivity index (χ0n) is 9.44. The fourth-order valence-corrected chi connectivity index (χ4v) is 3.07. The highest BCUT2D eigenvalue weighted by Crippen LogP contribution is 2.51. The lowest BCUT2D eigenvalue weighted by Crippen LogP contribution is -2.66. The molecule has 4 nitrogen and oxygen atoms in total. The average molecular weight is 215 g/mol. The first-order chi connectivity index (χ1) is 7.07. The van der Waals surface area contributed by atoms with Crippen LogP contribution >= 0.6 is 0 Å². The number of fused-ring (bicyclic) bond motifs is 1. The van der Waals surface area contributed by atoms with Gasteiger partial charge in [-0.1, -0.05) is 13.8 Å². The van der Waals surface area contributed by atoms with Gasteiger partial charge in [0.2, 0.25) is 0 Å². The molecule has 0 spiro atoms. The van der Waals surface area contributed by atoms with E-state index >= 15 is 0 Å². The number of aliphatic hydroxyl groups excluding tert-OH is 2. The highest BCUT2D eigenvalue weighted by molar-refractivity contribution is 5.11. The van der Waals surface area contributed by atoms with Crippen LogP contribution in [0.5, 0.6) is 0 Å². The van der Waals surface area contributed by atoms with E-state index in [9.17, 15) is 5.11 Å². The largest absolute Gasteiger partial charge is 0.394 e. The van der Waals surface area contributed by atoms with E-state index in [4.69, 9.17) is 9.84 Å². The summed E-state index contributed by atoms with van der Waals surface area (Å²) in [4.78, 5) is 0. The zero-order chi connectivity index (χ0) is 11.1. The number of hydrogen-bond acceptors (Lipinski definition) is 4. The molecular weight excluding hydrogens is 194 g/mol. The topological polar surface area (TPSA) is 61.7 Å². The van der Waals surface area contributed by atoms with Gasteiger partial charge in [-0.25, -0.2) is 0 Å². The summed E-state index contributed by atoms with van der Waals surface area (Å²) in [5, 5.41) is 21.4. The van der Waals surface area contributed by atoms with E-state index in [-0.39, 0.29) is 12.0 Å². The van der Waals surface area contributed by atoms with Gasteiger partial charge in [0.25, 0.3) is 0 Å². The second kappa shape index (κ2) is 4.01. The number of rotatable bonds is 4. The minimum Gasteiger partial charge on any atom is -0.394 e. The molecule has 0 aromatic heterocycles. The smallest absolute Gasteiger partial charge is 0.0895 e. The molecule has 4 atom stereocenters. The van der Waals surface area contributed by atoms with Crippen LogP contribution in [0, 0.1) is 11.3 Å². The first kappa shape index (κ1) is 11.3. The molecule has 0 bridgehead atoms. The molecule has 1 saturated carbocycles. The van der Waals surface area contributed by atoms with Crippen LogP contribution in [0.2, 0.25) is 0 Å². The second-order valence-electron chi connectivity index (χ2n) is 5.29. The van der Waals surface area contributed by atoms with Crippen LogP contribution in [-0.2, 0) is 4.74 Å². The molecular formula is C11H21NO3. The molecule has 2 rings (SSSR count). The van der Waals surface area contributed by atoms with Crippen molar-refractivity contribution in [2.24, 2.45) is 11.3 Å². The number of ether oxygens (including phenoxy) is 1. The summed E-state index contributed by atoms with van der Waals surface area (Å²) in [5.74, 6) is 0.589. The second-order valence-corrected chi connectivity index (χ2v) is 5.29. The summed E-state index contributed by atoms with van der Waals surface area (Å²) >= 11 is 0. The quantitative estimate of drug-likeness (QED) is 0.605. The Morgan fingerprint density at radius 2 is 2.27 bits per heavy atom. The first-order valence-corrected chi connectivity index (χ1v) is 5.71. The summed E-state index contributed by atoms with van der Waals surface area (Å²) in [5.41, 5.74) is 0.149. The van der Waals surface area contributed by atoms with Gasteiger partial charge in [-0.2, -0.15) is 0 Å².